The van der Waals surface area contributed by atoms with E-state index in [1.54, 1.807) is 6.20 Å². The maximum absolute atomic E-state index is 10.6. The maximum Gasteiger partial charge on any atom is 0.225 e. The highest BCUT2D eigenvalue weighted by atomic mass is 32.1. The number of aromatic nitrogens is 4. The predicted molar refractivity (Wildman–Crippen MR) is 125 cm³/mol. The van der Waals surface area contributed by atoms with Gasteiger partial charge in [0, 0.05) is 25.3 Å². The highest BCUT2D eigenvalue weighted by Crippen LogP contribution is 2.38. The number of nitrogens with one attached hydrogen (secondary N) is 2. The van der Waals surface area contributed by atoms with Gasteiger partial charge in [0.25, 0.3) is 0 Å². The van der Waals surface area contributed by atoms with E-state index >= 15 is 0 Å². The normalized spacial score (nSPS) is 27.4. The Hall–Kier alpha value is -2.44. The van der Waals surface area contributed by atoms with Crippen LogP contribution < -0.4 is 10.6 Å². The van der Waals surface area contributed by atoms with Crippen LogP contribution in [0.25, 0.3) is 20.8 Å². The van der Waals surface area contributed by atoms with Crippen molar-refractivity contribution in [3.8, 4) is 10.6 Å². The minimum absolute atomic E-state index is 0.136. The molecule has 0 spiro atoms. The molecule has 0 aromatic carbocycles. The zero-order valence-electron chi connectivity index (χ0n) is 18.5. The van der Waals surface area contributed by atoms with Crippen molar-refractivity contribution in [3.63, 3.8) is 0 Å². The van der Waals surface area contributed by atoms with Crippen molar-refractivity contribution in [2.75, 3.05) is 30.5 Å². The molecular formula is C22H28N6O4S. The minimum Gasteiger partial charge on any atom is -0.396 e. The molecule has 0 radical (unpaired) electrons. The third-order valence-electron chi connectivity index (χ3n) is 6.42. The van der Waals surface area contributed by atoms with Crippen molar-refractivity contribution in [2.45, 2.75) is 51.0 Å². The van der Waals surface area contributed by atoms with Gasteiger partial charge in [-0.05, 0) is 32.8 Å². The highest BCUT2D eigenvalue weighted by Gasteiger charge is 2.41. The van der Waals surface area contributed by atoms with Gasteiger partial charge in [0.05, 0.1) is 46.4 Å². The summed E-state index contributed by atoms with van der Waals surface area (Å²) in [6.07, 6.45) is 1.05. The quantitative estimate of drug-likeness (QED) is 0.357. The molecule has 11 heteroatoms. The van der Waals surface area contributed by atoms with Crippen LogP contribution in [0.15, 0.2) is 12.3 Å². The van der Waals surface area contributed by atoms with Crippen LogP contribution in [0.4, 0.5) is 11.8 Å². The maximum atomic E-state index is 10.6. The molecule has 10 nitrogen and oxygen atoms in total. The second kappa shape index (κ2) is 9.07. The van der Waals surface area contributed by atoms with Gasteiger partial charge in [0.15, 0.2) is 0 Å². The number of anilines is 2. The van der Waals surface area contributed by atoms with Crippen LogP contribution in [0, 0.1) is 19.8 Å². The molecule has 5 atom stereocenters. The van der Waals surface area contributed by atoms with Crippen molar-refractivity contribution < 1.29 is 20.1 Å². The van der Waals surface area contributed by atoms with E-state index in [9.17, 15) is 15.3 Å². The number of ether oxygens (including phenoxy) is 1. The molecule has 1 saturated carbocycles. The van der Waals surface area contributed by atoms with E-state index in [1.165, 1.54) is 11.3 Å². The number of hydrogen-bond acceptors (Lipinski definition) is 11. The average molecular weight is 473 g/mol. The number of pyridine rings is 1. The van der Waals surface area contributed by atoms with Crippen molar-refractivity contribution in [1.29, 1.82) is 0 Å². The van der Waals surface area contributed by atoms with E-state index in [1.807, 2.05) is 19.9 Å². The van der Waals surface area contributed by atoms with E-state index in [2.05, 4.69) is 20.6 Å². The molecular weight excluding hydrogens is 444 g/mol. The Balaban J connectivity index is 1.55. The fraction of sp³-hybridized carbons (Fsp3) is 0.545. The minimum atomic E-state index is -1.02. The topological polar surface area (TPSA) is 146 Å². The van der Waals surface area contributed by atoms with Gasteiger partial charge in [-0.3, -0.25) is 4.98 Å². The Labute approximate surface area is 195 Å². The molecule has 3 aromatic heterocycles. The lowest BCUT2D eigenvalue weighted by atomic mass is 10.1. The molecule has 0 amide bonds. The average Bonchev–Trinajstić information content (AvgIpc) is 3.51. The van der Waals surface area contributed by atoms with Gasteiger partial charge >= 0.3 is 0 Å². The van der Waals surface area contributed by atoms with E-state index in [0.29, 0.717) is 31.4 Å². The summed E-state index contributed by atoms with van der Waals surface area (Å²) in [4.78, 5) is 18.6. The van der Waals surface area contributed by atoms with Gasteiger partial charge in [-0.15, -0.1) is 11.3 Å². The monoisotopic (exact) mass is 472 g/mol. The molecule has 33 heavy (non-hydrogen) atoms. The van der Waals surface area contributed by atoms with Gasteiger partial charge in [-0.1, -0.05) is 0 Å². The van der Waals surface area contributed by atoms with Gasteiger partial charge in [0.1, 0.15) is 22.4 Å². The summed E-state index contributed by atoms with van der Waals surface area (Å²) in [5.74, 6) is 0.608. The lowest BCUT2D eigenvalue weighted by Crippen LogP contribution is -2.36. The molecule has 5 N–H and O–H groups in total. The van der Waals surface area contributed by atoms with Crippen LogP contribution >= 0.6 is 11.3 Å². The van der Waals surface area contributed by atoms with Crippen LogP contribution in [-0.4, -0.2) is 79.4 Å². The summed E-state index contributed by atoms with van der Waals surface area (Å²) in [6.45, 7) is 4.95. The third kappa shape index (κ3) is 4.26. The summed E-state index contributed by atoms with van der Waals surface area (Å²) < 4.78 is 6.47. The zero-order valence-corrected chi connectivity index (χ0v) is 19.3. The highest BCUT2D eigenvalue weighted by molar-refractivity contribution is 7.21. The van der Waals surface area contributed by atoms with Crippen LogP contribution in [0.2, 0.25) is 0 Å². The molecule has 1 aliphatic heterocycles. The van der Waals surface area contributed by atoms with Gasteiger partial charge in [-0.2, -0.15) is 4.98 Å². The van der Waals surface area contributed by atoms with Crippen molar-refractivity contribution in [3.05, 3.63) is 23.7 Å². The Kier molecular flexibility index (Phi) is 6.14. The number of hydrogen-bond donors (Lipinski definition) is 5. The Morgan fingerprint density at radius 2 is 1.97 bits per heavy atom. The molecule has 3 aromatic rings. The van der Waals surface area contributed by atoms with E-state index in [0.717, 1.165) is 38.6 Å². The SMILES string of the molecule is Cc1nc(N[C@H]2CCOC2)nc(NC2C[C@H](CO)[C@@H](O)[C@H]2O)c1-c1nc2c(C)nccc2s1. The van der Waals surface area contributed by atoms with E-state index in [-0.39, 0.29) is 12.6 Å². The van der Waals surface area contributed by atoms with Gasteiger partial charge < -0.3 is 30.7 Å². The molecule has 0 bridgehead atoms. The molecule has 1 unspecified atom stereocenters. The van der Waals surface area contributed by atoms with E-state index < -0.39 is 24.2 Å². The summed E-state index contributed by atoms with van der Waals surface area (Å²) in [6, 6.07) is 1.61. The smallest absolute Gasteiger partial charge is 0.225 e. The largest absolute Gasteiger partial charge is 0.396 e. The summed E-state index contributed by atoms with van der Waals surface area (Å²) >= 11 is 1.53. The lowest BCUT2D eigenvalue weighted by Gasteiger charge is -2.21. The first-order chi connectivity index (χ1) is 15.9. The molecule has 1 saturated heterocycles. The molecule has 2 aliphatic rings. The van der Waals surface area contributed by atoms with Crippen molar-refractivity contribution in [1.82, 2.24) is 19.9 Å². The lowest BCUT2D eigenvalue weighted by molar-refractivity contribution is 0.00446. The molecule has 5 rings (SSSR count). The van der Waals surface area contributed by atoms with Crippen LogP contribution in [0.3, 0.4) is 0 Å². The number of aryl methyl sites for hydroxylation is 2. The molecule has 176 valence electrons. The molecule has 2 fully saturated rings. The first kappa shape index (κ1) is 22.4. The zero-order chi connectivity index (χ0) is 23.1. The number of aliphatic hydroxyl groups excluding tert-OH is 3. The number of aliphatic hydroxyl groups is 3. The summed E-state index contributed by atoms with van der Waals surface area (Å²) in [7, 11) is 0. The van der Waals surface area contributed by atoms with Crippen LogP contribution in [-0.2, 0) is 4.74 Å². The van der Waals surface area contributed by atoms with Crippen molar-refractivity contribution >= 4 is 33.3 Å². The first-order valence-corrected chi connectivity index (χ1v) is 11.9. The Bertz CT molecular complexity index is 1150. The fourth-order valence-corrected chi connectivity index (χ4v) is 5.65. The number of nitrogens with zero attached hydrogens (tertiary/aromatic N) is 4. The Morgan fingerprint density at radius 3 is 2.67 bits per heavy atom. The Morgan fingerprint density at radius 1 is 1.12 bits per heavy atom. The van der Waals surface area contributed by atoms with Crippen molar-refractivity contribution in [2.24, 2.45) is 5.92 Å². The summed E-state index contributed by atoms with van der Waals surface area (Å²) in [5, 5.41) is 37.8. The van der Waals surface area contributed by atoms with Crippen LogP contribution in [0.5, 0.6) is 0 Å². The standard InChI is InChI=1S/C22H28N6O4S/c1-10-16(21-27-17-11(2)23-5-3-15(17)33-21)20(26-14-7-12(8-29)18(30)19(14)31)28-22(24-10)25-13-4-6-32-9-13/h3,5,12-14,18-19,29-31H,4,6-9H2,1-2H3,(H2,24,25,26,28)/t12-,13+,14?,18-,19+/m1/s1. The van der Waals surface area contributed by atoms with Crippen LogP contribution in [0.1, 0.15) is 24.2 Å². The second-order valence-electron chi connectivity index (χ2n) is 8.73. The third-order valence-corrected chi connectivity index (χ3v) is 7.45. The molecule has 1 aliphatic carbocycles. The van der Waals surface area contributed by atoms with Gasteiger partial charge in [0.2, 0.25) is 5.95 Å². The fourth-order valence-electron chi connectivity index (χ4n) is 4.54. The number of fused-ring (bicyclic) bond motifs is 1. The number of thiazole rings is 1. The summed E-state index contributed by atoms with van der Waals surface area (Å²) in [5.41, 5.74) is 3.18. The first-order valence-electron chi connectivity index (χ1n) is 11.1. The second-order valence-corrected chi connectivity index (χ2v) is 9.76. The van der Waals surface area contributed by atoms with Gasteiger partial charge in [-0.25, -0.2) is 9.97 Å². The van der Waals surface area contributed by atoms with E-state index in [4.69, 9.17) is 14.7 Å². The number of rotatable bonds is 6. The molecule has 4 heterocycles. The predicted octanol–water partition coefficient (Wildman–Crippen LogP) is 1.48.